The highest BCUT2D eigenvalue weighted by Gasteiger charge is 2.29. The average molecular weight is 301 g/mol. The molecule has 0 aliphatic rings. The standard InChI is InChI=1S/C11H15Cl2NO2.ClH/c1-11(2,5-15)10(14)6-3-4-7(12)8(13)9(6)16;/h3-4,10,15-16H,5,14H2,1-2H3;1H/t10-;/m0./s1. The maximum Gasteiger partial charge on any atom is 0.140 e. The van der Waals surface area contributed by atoms with Gasteiger partial charge in [0.25, 0.3) is 0 Å². The van der Waals surface area contributed by atoms with E-state index in [0.717, 1.165) is 0 Å². The fourth-order valence-electron chi connectivity index (χ4n) is 1.33. The van der Waals surface area contributed by atoms with E-state index >= 15 is 0 Å². The predicted molar refractivity (Wildman–Crippen MR) is 73.2 cm³/mol. The highest BCUT2D eigenvalue weighted by molar-refractivity contribution is 6.43. The van der Waals surface area contributed by atoms with Crippen molar-refractivity contribution in [1.82, 2.24) is 0 Å². The first kappa shape index (κ1) is 16.8. The van der Waals surface area contributed by atoms with Gasteiger partial charge in [0.1, 0.15) is 10.8 Å². The molecule has 0 radical (unpaired) electrons. The lowest BCUT2D eigenvalue weighted by Gasteiger charge is -2.30. The molecular formula is C11H16Cl3NO2. The van der Waals surface area contributed by atoms with E-state index in [2.05, 4.69) is 0 Å². The number of benzene rings is 1. The van der Waals surface area contributed by atoms with Crippen molar-refractivity contribution in [3.63, 3.8) is 0 Å². The van der Waals surface area contributed by atoms with E-state index in [4.69, 9.17) is 28.9 Å². The number of phenolic OH excluding ortho intramolecular Hbond substituents is 1. The summed E-state index contributed by atoms with van der Waals surface area (Å²) in [6.45, 7) is 3.52. The number of halogens is 3. The Morgan fingerprint density at radius 2 is 1.88 bits per heavy atom. The topological polar surface area (TPSA) is 66.5 Å². The van der Waals surface area contributed by atoms with Crippen LogP contribution in [0, 0.1) is 5.41 Å². The molecule has 0 amide bonds. The minimum Gasteiger partial charge on any atom is -0.506 e. The van der Waals surface area contributed by atoms with Crippen LogP contribution >= 0.6 is 35.6 Å². The fourth-order valence-corrected chi connectivity index (χ4v) is 1.65. The quantitative estimate of drug-likeness (QED) is 0.803. The summed E-state index contributed by atoms with van der Waals surface area (Å²) in [7, 11) is 0. The molecule has 0 aliphatic heterocycles. The lowest BCUT2D eigenvalue weighted by Crippen LogP contribution is -2.32. The Kier molecular flexibility index (Phi) is 6.05. The number of aliphatic hydroxyl groups excluding tert-OH is 1. The van der Waals surface area contributed by atoms with Crippen LogP contribution in [0.3, 0.4) is 0 Å². The number of aliphatic hydroxyl groups is 1. The Hall–Kier alpha value is -0.190. The SMILES string of the molecule is CC(C)(CO)[C@@H](N)c1ccc(Cl)c(Cl)c1O.Cl. The molecule has 1 rings (SSSR count). The number of hydrogen-bond acceptors (Lipinski definition) is 3. The monoisotopic (exact) mass is 299 g/mol. The maximum atomic E-state index is 9.83. The summed E-state index contributed by atoms with van der Waals surface area (Å²) < 4.78 is 0. The van der Waals surface area contributed by atoms with Crippen molar-refractivity contribution in [3.8, 4) is 5.75 Å². The van der Waals surface area contributed by atoms with E-state index in [1.54, 1.807) is 26.0 Å². The summed E-state index contributed by atoms with van der Waals surface area (Å²) in [4.78, 5) is 0. The zero-order valence-corrected chi connectivity index (χ0v) is 11.9. The molecule has 0 aromatic heterocycles. The Balaban J connectivity index is 0.00000256. The molecule has 1 aromatic carbocycles. The third kappa shape index (κ3) is 3.39. The smallest absolute Gasteiger partial charge is 0.140 e. The van der Waals surface area contributed by atoms with E-state index < -0.39 is 11.5 Å². The molecule has 17 heavy (non-hydrogen) atoms. The molecule has 1 atom stereocenters. The van der Waals surface area contributed by atoms with E-state index in [9.17, 15) is 10.2 Å². The van der Waals surface area contributed by atoms with Gasteiger partial charge in [0, 0.05) is 23.6 Å². The van der Waals surface area contributed by atoms with Crippen molar-refractivity contribution in [3.05, 3.63) is 27.7 Å². The van der Waals surface area contributed by atoms with Crippen LogP contribution < -0.4 is 5.73 Å². The molecule has 0 unspecified atom stereocenters. The van der Waals surface area contributed by atoms with E-state index in [1.807, 2.05) is 0 Å². The van der Waals surface area contributed by atoms with Gasteiger partial charge in [-0.15, -0.1) is 12.4 Å². The zero-order chi connectivity index (χ0) is 12.5. The highest BCUT2D eigenvalue weighted by Crippen LogP contribution is 2.41. The molecule has 1 aromatic rings. The summed E-state index contributed by atoms with van der Waals surface area (Å²) in [5, 5.41) is 19.4. The summed E-state index contributed by atoms with van der Waals surface area (Å²) in [5.41, 5.74) is 5.91. The van der Waals surface area contributed by atoms with Crippen LogP contribution in [0.5, 0.6) is 5.75 Å². The zero-order valence-electron chi connectivity index (χ0n) is 9.58. The van der Waals surface area contributed by atoms with Crippen molar-refractivity contribution in [2.45, 2.75) is 19.9 Å². The molecule has 98 valence electrons. The number of phenols is 1. The van der Waals surface area contributed by atoms with Crippen molar-refractivity contribution >= 4 is 35.6 Å². The largest absolute Gasteiger partial charge is 0.506 e. The molecule has 0 bridgehead atoms. The van der Waals surface area contributed by atoms with E-state index in [0.29, 0.717) is 5.56 Å². The van der Waals surface area contributed by atoms with Gasteiger partial charge in [-0.2, -0.15) is 0 Å². The van der Waals surface area contributed by atoms with Gasteiger partial charge in [-0.1, -0.05) is 43.1 Å². The molecule has 0 heterocycles. The number of hydrogen-bond donors (Lipinski definition) is 3. The Bertz CT molecular complexity index is 397. The minimum atomic E-state index is -0.547. The Morgan fingerprint density at radius 1 is 1.35 bits per heavy atom. The first-order chi connectivity index (χ1) is 7.31. The van der Waals surface area contributed by atoms with Crippen LogP contribution in [-0.2, 0) is 0 Å². The van der Waals surface area contributed by atoms with Crippen LogP contribution in [0.15, 0.2) is 12.1 Å². The molecule has 4 N–H and O–H groups in total. The van der Waals surface area contributed by atoms with Crippen molar-refractivity contribution in [2.24, 2.45) is 11.1 Å². The normalized spacial score (nSPS) is 13.1. The van der Waals surface area contributed by atoms with Crippen LogP contribution in [0.25, 0.3) is 0 Å². The van der Waals surface area contributed by atoms with Gasteiger partial charge in [-0.05, 0) is 6.07 Å². The number of aromatic hydroxyl groups is 1. The van der Waals surface area contributed by atoms with Crippen molar-refractivity contribution in [1.29, 1.82) is 0 Å². The summed E-state index contributed by atoms with van der Waals surface area (Å²) in [5.74, 6) is -0.122. The molecular weight excluding hydrogens is 284 g/mol. The van der Waals surface area contributed by atoms with E-state index in [1.165, 1.54) is 0 Å². The van der Waals surface area contributed by atoms with Gasteiger partial charge in [0.05, 0.1) is 5.02 Å². The van der Waals surface area contributed by atoms with Gasteiger partial charge >= 0.3 is 0 Å². The molecule has 0 saturated heterocycles. The molecule has 3 nitrogen and oxygen atoms in total. The lowest BCUT2D eigenvalue weighted by atomic mass is 9.81. The van der Waals surface area contributed by atoms with Crippen LogP contribution in [0.4, 0.5) is 0 Å². The first-order valence-corrected chi connectivity index (χ1v) is 5.60. The Labute approximate surface area is 117 Å². The molecule has 6 heteroatoms. The highest BCUT2D eigenvalue weighted by atomic mass is 35.5. The van der Waals surface area contributed by atoms with Gasteiger partial charge in [-0.3, -0.25) is 0 Å². The predicted octanol–water partition coefficient (Wildman–Crippen LogP) is 3.14. The lowest BCUT2D eigenvalue weighted by molar-refractivity contribution is 0.131. The molecule has 0 spiro atoms. The second kappa shape index (κ2) is 6.12. The van der Waals surface area contributed by atoms with Crippen molar-refractivity contribution in [2.75, 3.05) is 6.61 Å². The first-order valence-electron chi connectivity index (χ1n) is 4.84. The van der Waals surface area contributed by atoms with Gasteiger partial charge in [-0.25, -0.2) is 0 Å². The Morgan fingerprint density at radius 3 is 2.35 bits per heavy atom. The van der Waals surface area contributed by atoms with Crippen LogP contribution in [0.2, 0.25) is 10.0 Å². The van der Waals surface area contributed by atoms with Crippen LogP contribution in [0.1, 0.15) is 25.5 Å². The van der Waals surface area contributed by atoms with E-state index in [-0.39, 0.29) is 34.8 Å². The van der Waals surface area contributed by atoms with Crippen molar-refractivity contribution < 1.29 is 10.2 Å². The fraction of sp³-hybridized carbons (Fsp3) is 0.455. The second-order valence-corrected chi connectivity index (χ2v) is 5.21. The minimum absolute atomic E-state index is 0. The van der Waals surface area contributed by atoms with Crippen LogP contribution in [-0.4, -0.2) is 16.8 Å². The van der Waals surface area contributed by atoms with Gasteiger partial charge in [0.15, 0.2) is 0 Å². The second-order valence-electron chi connectivity index (χ2n) is 4.42. The van der Waals surface area contributed by atoms with Gasteiger partial charge in [0.2, 0.25) is 0 Å². The molecule has 0 fully saturated rings. The number of nitrogens with two attached hydrogens (primary N) is 1. The maximum absolute atomic E-state index is 9.83. The third-order valence-electron chi connectivity index (χ3n) is 2.68. The average Bonchev–Trinajstić information content (AvgIpc) is 2.25. The summed E-state index contributed by atoms with van der Waals surface area (Å²) in [6, 6.07) is 2.67. The molecule has 0 aliphatic carbocycles. The number of rotatable bonds is 3. The molecule has 0 saturated carbocycles. The summed E-state index contributed by atoms with van der Waals surface area (Å²) >= 11 is 11.6. The third-order valence-corrected chi connectivity index (χ3v) is 3.48. The summed E-state index contributed by atoms with van der Waals surface area (Å²) in [6.07, 6.45) is 0. The van der Waals surface area contributed by atoms with Gasteiger partial charge < -0.3 is 15.9 Å².